The quantitative estimate of drug-likeness (QED) is 0.859. The molecular formula is C13H19BrN2O2S. The number of carboxylic acid groups (broad SMARTS) is 1. The minimum absolute atomic E-state index is 0.280. The third-order valence-corrected chi connectivity index (χ3v) is 5.30. The second-order valence-corrected chi connectivity index (χ2v) is 6.66. The van der Waals surface area contributed by atoms with Gasteiger partial charge in [0.15, 0.2) is 0 Å². The van der Waals surface area contributed by atoms with E-state index in [-0.39, 0.29) is 6.42 Å². The van der Waals surface area contributed by atoms with Crippen molar-refractivity contribution in [1.29, 1.82) is 0 Å². The fraction of sp³-hybridized carbons (Fsp3) is 0.615. The van der Waals surface area contributed by atoms with Crippen molar-refractivity contribution in [2.75, 3.05) is 32.7 Å². The van der Waals surface area contributed by atoms with Crippen LogP contribution >= 0.6 is 27.3 Å². The normalized spacial score (nSPS) is 17.7. The highest BCUT2D eigenvalue weighted by molar-refractivity contribution is 9.10. The summed E-state index contributed by atoms with van der Waals surface area (Å²) in [7, 11) is 0. The zero-order chi connectivity index (χ0) is 13.7. The standard InChI is InChI=1S/C13H19BrN2O2S/c14-11-3-9-19-12(11)10-16-7-5-15(6-8-16)4-1-2-13(17)18/h3,9H,1-2,4-8,10H2,(H,17,18). The summed E-state index contributed by atoms with van der Waals surface area (Å²) in [5, 5.41) is 10.7. The third-order valence-electron chi connectivity index (χ3n) is 3.39. The lowest BCUT2D eigenvalue weighted by atomic mass is 10.2. The number of aliphatic carboxylic acids is 1. The van der Waals surface area contributed by atoms with E-state index in [4.69, 9.17) is 5.11 Å². The van der Waals surface area contributed by atoms with E-state index >= 15 is 0 Å². The van der Waals surface area contributed by atoms with Crippen molar-refractivity contribution in [3.8, 4) is 0 Å². The summed E-state index contributed by atoms with van der Waals surface area (Å²) in [5.74, 6) is -0.693. The fourth-order valence-electron chi connectivity index (χ4n) is 2.27. The summed E-state index contributed by atoms with van der Waals surface area (Å²) >= 11 is 5.36. The summed E-state index contributed by atoms with van der Waals surface area (Å²) in [6.07, 6.45) is 1.04. The second-order valence-electron chi connectivity index (χ2n) is 4.81. The van der Waals surface area contributed by atoms with Crippen LogP contribution in [-0.2, 0) is 11.3 Å². The molecule has 1 aromatic heterocycles. The van der Waals surface area contributed by atoms with E-state index in [1.807, 2.05) is 0 Å². The van der Waals surface area contributed by atoms with Crippen molar-refractivity contribution < 1.29 is 9.90 Å². The Morgan fingerprint density at radius 1 is 1.32 bits per heavy atom. The number of hydrogen-bond donors (Lipinski definition) is 1. The SMILES string of the molecule is O=C(O)CCCN1CCN(Cc2sccc2Br)CC1. The molecule has 2 rings (SSSR count). The molecule has 0 bridgehead atoms. The van der Waals surface area contributed by atoms with Crippen LogP contribution in [0.3, 0.4) is 0 Å². The number of thiophene rings is 1. The molecule has 19 heavy (non-hydrogen) atoms. The third kappa shape index (κ3) is 4.87. The molecule has 1 aliphatic heterocycles. The Morgan fingerprint density at radius 3 is 2.58 bits per heavy atom. The van der Waals surface area contributed by atoms with Gasteiger partial charge in [-0.3, -0.25) is 9.69 Å². The number of rotatable bonds is 6. The van der Waals surface area contributed by atoms with E-state index in [9.17, 15) is 4.79 Å². The first-order valence-electron chi connectivity index (χ1n) is 6.53. The molecule has 6 heteroatoms. The highest BCUT2D eigenvalue weighted by Gasteiger charge is 2.17. The lowest BCUT2D eigenvalue weighted by Gasteiger charge is -2.34. The van der Waals surface area contributed by atoms with Gasteiger partial charge in [0.25, 0.3) is 0 Å². The summed E-state index contributed by atoms with van der Waals surface area (Å²) in [6, 6.07) is 2.10. The molecular weight excluding hydrogens is 328 g/mol. The minimum Gasteiger partial charge on any atom is -0.481 e. The first kappa shape index (κ1) is 15.0. The number of carbonyl (C=O) groups is 1. The Morgan fingerprint density at radius 2 is 2.00 bits per heavy atom. The first-order valence-corrected chi connectivity index (χ1v) is 8.21. The predicted octanol–water partition coefficient (Wildman–Crippen LogP) is 2.49. The Kier molecular flexibility index (Phi) is 5.81. The Labute approximate surface area is 126 Å². The van der Waals surface area contributed by atoms with E-state index in [1.165, 1.54) is 9.35 Å². The van der Waals surface area contributed by atoms with Gasteiger partial charge in [0.05, 0.1) is 0 Å². The molecule has 0 atom stereocenters. The molecule has 0 unspecified atom stereocenters. The smallest absolute Gasteiger partial charge is 0.303 e. The zero-order valence-electron chi connectivity index (χ0n) is 10.8. The molecule has 1 N–H and O–H groups in total. The molecule has 1 aromatic rings. The van der Waals surface area contributed by atoms with E-state index < -0.39 is 5.97 Å². The Hall–Kier alpha value is -0.430. The molecule has 0 radical (unpaired) electrons. The molecule has 0 saturated carbocycles. The molecule has 1 aliphatic rings. The molecule has 0 spiro atoms. The number of halogens is 1. The molecule has 0 aromatic carbocycles. The monoisotopic (exact) mass is 346 g/mol. The van der Waals surface area contributed by atoms with E-state index in [0.717, 1.165) is 45.7 Å². The van der Waals surface area contributed by atoms with Gasteiger partial charge in [0, 0.05) is 48.5 Å². The van der Waals surface area contributed by atoms with Crippen molar-refractivity contribution >= 4 is 33.2 Å². The van der Waals surface area contributed by atoms with Gasteiger partial charge >= 0.3 is 5.97 Å². The average molecular weight is 347 g/mol. The van der Waals surface area contributed by atoms with Crippen LogP contribution in [0.25, 0.3) is 0 Å². The summed E-state index contributed by atoms with van der Waals surface area (Å²) in [6.45, 7) is 6.14. The summed E-state index contributed by atoms with van der Waals surface area (Å²) in [5.41, 5.74) is 0. The van der Waals surface area contributed by atoms with Gasteiger partial charge in [0.2, 0.25) is 0 Å². The van der Waals surface area contributed by atoms with Crippen LogP contribution in [0.5, 0.6) is 0 Å². The van der Waals surface area contributed by atoms with Crippen LogP contribution in [0, 0.1) is 0 Å². The maximum Gasteiger partial charge on any atom is 0.303 e. The lowest BCUT2D eigenvalue weighted by molar-refractivity contribution is -0.137. The number of carboxylic acids is 1. The van der Waals surface area contributed by atoms with Crippen LogP contribution in [-0.4, -0.2) is 53.6 Å². The Balaban J connectivity index is 1.68. The molecule has 0 aliphatic carbocycles. The van der Waals surface area contributed by atoms with Crippen molar-refractivity contribution in [3.05, 3.63) is 20.8 Å². The fourth-order valence-corrected chi connectivity index (χ4v) is 3.78. The van der Waals surface area contributed by atoms with Gasteiger partial charge in [-0.2, -0.15) is 0 Å². The van der Waals surface area contributed by atoms with Crippen LogP contribution in [0.15, 0.2) is 15.9 Å². The molecule has 2 heterocycles. The maximum atomic E-state index is 10.5. The van der Waals surface area contributed by atoms with E-state index in [0.29, 0.717) is 0 Å². The van der Waals surface area contributed by atoms with Gasteiger partial charge < -0.3 is 10.0 Å². The summed E-state index contributed by atoms with van der Waals surface area (Å²) < 4.78 is 1.21. The van der Waals surface area contributed by atoms with Crippen molar-refractivity contribution in [1.82, 2.24) is 9.80 Å². The number of hydrogen-bond acceptors (Lipinski definition) is 4. The van der Waals surface area contributed by atoms with Gasteiger partial charge in [-0.1, -0.05) is 0 Å². The minimum atomic E-state index is -0.693. The Bertz CT molecular complexity index is 417. The lowest BCUT2D eigenvalue weighted by Crippen LogP contribution is -2.46. The highest BCUT2D eigenvalue weighted by Crippen LogP contribution is 2.24. The number of piperazine rings is 1. The highest BCUT2D eigenvalue weighted by atomic mass is 79.9. The average Bonchev–Trinajstić information content (AvgIpc) is 2.77. The van der Waals surface area contributed by atoms with Gasteiger partial charge in [0.1, 0.15) is 0 Å². The van der Waals surface area contributed by atoms with Crippen LogP contribution in [0.4, 0.5) is 0 Å². The largest absolute Gasteiger partial charge is 0.481 e. The van der Waals surface area contributed by atoms with E-state index in [2.05, 4.69) is 37.2 Å². The van der Waals surface area contributed by atoms with Crippen molar-refractivity contribution in [2.24, 2.45) is 0 Å². The molecule has 1 fully saturated rings. The molecule has 106 valence electrons. The second kappa shape index (κ2) is 7.38. The van der Waals surface area contributed by atoms with Gasteiger partial charge in [-0.05, 0) is 40.3 Å². The van der Waals surface area contributed by atoms with Crippen LogP contribution in [0.1, 0.15) is 17.7 Å². The molecule has 4 nitrogen and oxygen atoms in total. The molecule has 0 amide bonds. The van der Waals surface area contributed by atoms with Crippen LogP contribution in [0.2, 0.25) is 0 Å². The first-order chi connectivity index (χ1) is 9.15. The van der Waals surface area contributed by atoms with E-state index in [1.54, 1.807) is 11.3 Å². The van der Waals surface area contributed by atoms with Gasteiger partial charge in [-0.15, -0.1) is 11.3 Å². The maximum absolute atomic E-state index is 10.5. The van der Waals surface area contributed by atoms with Crippen LogP contribution < -0.4 is 0 Å². The number of nitrogens with zero attached hydrogens (tertiary/aromatic N) is 2. The zero-order valence-corrected chi connectivity index (χ0v) is 13.3. The predicted molar refractivity (Wildman–Crippen MR) is 80.6 cm³/mol. The van der Waals surface area contributed by atoms with Crippen molar-refractivity contribution in [2.45, 2.75) is 19.4 Å². The molecule has 1 saturated heterocycles. The van der Waals surface area contributed by atoms with Crippen molar-refractivity contribution in [3.63, 3.8) is 0 Å². The topological polar surface area (TPSA) is 43.8 Å². The van der Waals surface area contributed by atoms with Gasteiger partial charge in [-0.25, -0.2) is 0 Å². The summed E-state index contributed by atoms with van der Waals surface area (Å²) in [4.78, 5) is 16.7.